The Bertz CT molecular complexity index is 416. The van der Waals surface area contributed by atoms with Crippen LogP contribution in [0.3, 0.4) is 0 Å². The molecule has 0 heterocycles. The Kier molecular flexibility index (Phi) is 4.89. The fourth-order valence-corrected chi connectivity index (χ4v) is 3.77. The van der Waals surface area contributed by atoms with Crippen LogP contribution in [0.1, 0.15) is 32.1 Å². The van der Waals surface area contributed by atoms with Gasteiger partial charge in [0, 0.05) is 0 Å². The van der Waals surface area contributed by atoms with Crippen molar-refractivity contribution in [3.05, 3.63) is 30.1 Å². The molecule has 0 radical (unpaired) electrons. The third kappa shape index (κ3) is 3.62. The molecule has 0 bridgehead atoms. The molecule has 0 aromatic heterocycles. The van der Waals surface area contributed by atoms with E-state index in [9.17, 15) is 13.7 Å². The molecule has 1 fully saturated rings. The SMILES string of the molecule is O=S(CC(O)CC1CCCC1)c1ccccc1F. The van der Waals surface area contributed by atoms with Gasteiger partial charge in [0.25, 0.3) is 0 Å². The molecule has 1 saturated carbocycles. The van der Waals surface area contributed by atoms with Crippen LogP contribution in [-0.2, 0) is 10.8 Å². The smallest absolute Gasteiger partial charge is 0.139 e. The van der Waals surface area contributed by atoms with Crippen LogP contribution in [0.15, 0.2) is 29.2 Å². The number of rotatable bonds is 5. The van der Waals surface area contributed by atoms with Crippen molar-refractivity contribution in [2.75, 3.05) is 5.75 Å². The number of hydrogen-bond acceptors (Lipinski definition) is 2. The molecule has 1 aromatic rings. The van der Waals surface area contributed by atoms with Gasteiger partial charge in [-0.25, -0.2) is 4.39 Å². The largest absolute Gasteiger partial charge is 0.392 e. The molecule has 1 N–H and O–H groups in total. The molecule has 18 heavy (non-hydrogen) atoms. The van der Waals surface area contributed by atoms with Crippen LogP contribution in [0.25, 0.3) is 0 Å². The molecule has 0 saturated heterocycles. The van der Waals surface area contributed by atoms with E-state index in [1.54, 1.807) is 12.1 Å². The molecule has 1 aromatic carbocycles. The zero-order valence-electron chi connectivity index (χ0n) is 10.3. The van der Waals surface area contributed by atoms with Crippen LogP contribution in [0.5, 0.6) is 0 Å². The number of hydrogen-bond donors (Lipinski definition) is 1. The lowest BCUT2D eigenvalue weighted by atomic mass is 10.0. The summed E-state index contributed by atoms with van der Waals surface area (Å²) in [4.78, 5) is 0.197. The van der Waals surface area contributed by atoms with Gasteiger partial charge in [-0.3, -0.25) is 4.21 Å². The fourth-order valence-electron chi connectivity index (χ4n) is 2.59. The van der Waals surface area contributed by atoms with Gasteiger partial charge in [-0.1, -0.05) is 37.8 Å². The summed E-state index contributed by atoms with van der Waals surface area (Å²) in [6.07, 6.45) is 4.88. The molecule has 4 heteroatoms. The topological polar surface area (TPSA) is 37.3 Å². The van der Waals surface area contributed by atoms with E-state index in [2.05, 4.69) is 0 Å². The molecule has 2 rings (SSSR count). The van der Waals surface area contributed by atoms with Crippen molar-refractivity contribution in [3.8, 4) is 0 Å². The summed E-state index contributed by atoms with van der Waals surface area (Å²) < 4.78 is 25.4. The molecule has 1 aliphatic carbocycles. The van der Waals surface area contributed by atoms with Crippen molar-refractivity contribution in [1.82, 2.24) is 0 Å². The second kappa shape index (κ2) is 6.43. The van der Waals surface area contributed by atoms with Gasteiger partial charge >= 0.3 is 0 Å². The quantitative estimate of drug-likeness (QED) is 0.893. The number of benzene rings is 1. The molecule has 2 nitrogen and oxygen atoms in total. The van der Waals surface area contributed by atoms with Crippen molar-refractivity contribution in [1.29, 1.82) is 0 Å². The molecule has 2 atom stereocenters. The van der Waals surface area contributed by atoms with Gasteiger partial charge in [0.15, 0.2) is 0 Å². The zero-order valence-corrected chi connectivity index (χ0v) is 11.2. The molecule has 0 aliphatic heterocycles. The van der Waals surface area contributed by atoms with E-state index in [-0.39, 0.29) is 10.6 Å². The van der Waals surface area contributed by atoms with Crippen molar-refractivity contribution >= 4 is 10.8 Å². The van der Waals surface area contributed by atoms with Gasteiger partial charge in [0.2, 0.25) is 0 Å². The van der Waals surface area contributed by atoms with Crippen LogP contribution >= 0.6 is 0 Å². The van der Waals surface area contributed by atoms with Gasteiger partial charge < -0.3 is 5.11 Å². The Morgan fingerprint density at radius 2 is 2.00 bits per heavy atom. The Balaban J connectivity index is 1.88. The summed E-state index contributed by atoms with van der Waals surface area (Å²) in [6, 6.07) is 6.06. The molecular formula is C14H19FO2S. The second-order valence-electron chi connectivity index (χ2n) is 4.98. The van der Waals surface area contributed by atoms with Crippen LogP contribution in [0, 0.1) is 11.7 Å². The molecule has 1 aliphatic rings. The van der Waals surface area contributed by atoms with Gasteiger partial charge in [-0.15, -0.1) is 0 Å². The minimum Gasteiger partial charge on any atom is -0.392 e. The van der Waals surface area contributed by atoms with Crippen molar-refractivity contribution in [3.63, 3.8) is 0 Å². The average molecular weight is 270 g/mol. The minimum atomic E-state index is -1.45. The Morgan fingerprint density at radius 3 is 2.67 bits per heavy atom. The van der Waals surface area contributed by atoms with Crippen LogP contribution < -0.4 is 0 Å². The average Bonchev–Trinajstić information content (AvgIpc) is 2.82. The number of aliphatic hydroxyl groups is 1. The maximum absolute atomic E-state index is 13.4. The highest BCUT2D eigenvalue weighted by Gasteiger charge is 2.21. The first-order chi connectivity index (χ1) is 8.66. The summed E-state index contributed by atoms with van der Waals surface area (Å²) in [5.74, 6) is 0.235. The summed E-state index contributed by atoms with van der Waals surface area (Å²) in [6.45, 7) is 0. The molecule has 2 unspecified atom stereocenters. The van der Waals surface area contributed by atoms with Crippen LogP contribution in [-0.4, -0.2) is 21.2 Å². The van der Waals surface area contributed by atoms with Crippen LogP contribution in [0.4, 0.5) is 4.39 Å². The summed E-state index contributed by atoms with van der Waals surface area (Å²) >= 11 is 0. The fraction of sp³-hybridized carbons (Fsp3) is 0.571. The highest BCUT2D eigenvalue weighted by Crippen LogP contribution is 2.29. The third-order valence-electron chi connectivity index (χ3n) is 3.51. The minimum absolute atomic E-state index is 0.136. The maximum atomic E-state index is 13.4. The van der Waals surface area contributed by atoms with Crippen molar-refractivity contribution in [2.45, 2.75) is 43.1 Å². The van der Waals surface area contributed by atoms with E-state index in [0.717, 1.165) is 12.8 Å². The maximum Gasteiger partial charge on any atom is 0.139 e. The predicted octanol–water partition coefficient (Wildman–Crippen LogP) is 2.87. The standard InChI is InChI=1S/C14H19FO2S/c15-13-7-3-4-8-14(13)18(17)10-12(16)9-11-5-1-2-6-11/h3-4,7-8,11-12,16H,1-2,5-6,9-10H2. The van der Waals surface area contributed by atoms with E-state index < -0.39 is 22.7 Å². The molecule has 0 spiro atoms. The molecule has 0 amide bonds. The van der Waals surface area contributed by atoms with E-state index >= 15 is 0 Å². The van der Waals surface area contributed by atoms with E-state index in [1.165, 1.54) is 25.0 Å². The summed E-state index contributed by atoms with van der Waals surface area (Å²) in [5.41, 5.74) is 0. The monoisotopic (exact) mass is 270 g/mol. The van der Waals surface area contributed by atoms with Crippen molar-refractivity contribution < 1.29 is 13.7 Å². The lowest BCUT2D eigenvalue weighted by Gasteiger charge is -2.15. The first-order valence-corrected chi connectivity index (χ1v) is 7.79. The van der Waals surface area contributed by atoms with Crippen molar-refractivity contribution in [2.24, 2.45) is 5.92 Å². The Labute approximate surface area is 110 Å². The predicted molar refractivity (Wildman–Crippen MR) is 70.3 cm³/mol. The highest BCUT2D eigenvalue weighted by molar-refractivity contribution is 7.85. The number of aliphatic hydroxyl groups excluding tert-OH is 1. The number of halogens is 1. The zero-order chi connectivity index (χ0) is 13.0. The molecular weight excluding hydrogens is 251 g/mol. The second-order valence-corrected chi connectivity index (χ2v) is 6.45. The van der Waals surface area contributed by atoms with Gasteiger partial charge in [0.05, 0.1) is 27.6 Å². The molecule has 100 valence electrons. The van der Waals surface area contributed by atoms with E-state index in [1.807, 2.05) is 0 Å². The van der Waals surface area contributed by atoms with E-state index in [4.69, 9.17) is 0 Å². The Morgan fingerprint density at radius 1 is 1.33 bits per heavy atom. The summed E-state index contributed by atoms with van der Waals surface area (Å²) in [5, 5.41) is 9.92. The van der Waals surface area contributed by atoms with Gasteiger partial charge in [-0.05, 0) is 24.5 Å². The summed E-state index contributed by atoms with van der Waals surface area (Å²) in [7, 11) is -1.45. The Hall–Kier alpha value is -0.740. The van der Waals surface area contributed by atoms with Crippen LogP contribution in [0.2, 0.25) is 0 Å². The lowest BCUT2D eigenvalue weighted by Crippen LogP contribution is -2.20. The third-order valence-corrected chi connectivity index (χ3v) is 5.02. The first-order valence-electron chi connectivity index (χ1n) is 6.48. The first kappa shape index (κ1) is 13.7. The van der Waals surface area contributed by atoms with Gasteiger partial charge in [-0.2, -0.15) is 0 Å². The lowest BCUT2D eigenvalue weighted by molar-refractivity contribution is 0.165. The van der Waals surface area contributed by atoms with Gasteiger partial charge in [0.1, 0.15) is 5.82 Å². The normalized spacial score (nSPS) is 19.9. The van der Waals surface area contributed by atoms with E-state index in [0.29, 0.717) is 12.3 Å². The highest BCUT2D eigenvalue weighted by atomic mass is 32.2.